The summed E-state index contributed by atoms with van der Waals surface area (Å²) in [4.78, 5) is 23.1. The molecule has 1 heterocycles. The molecule has 0 atom stereocenters. The summed E-state index contributed by atoms with van der Waals surface area (Å²) in [5.74, 6) is 2.48. The second kappa shape index (κ2) is 5.20. The zero-order valence-electron chi connectivity index (χ0n) is 8.77. The number of hydrogen-bond donors (Lipinski definition) is 0. The number of hydrogen-bond acceptors (Lipinski definition) is 2. The predicted octanol–water partition coefficient (Wildman–Crippen LogP) is 0.443. The second-order valence-electron chi connectivity index (χ2n) is 3.18. The van der Waals surface area contributed by atoms with Gasteiger partial charge in [0.25, 0.3) is 5.56 Å². The van der Waals surface area contributed by atoms with Gasteiger partial charge in [0, 0.05) is 31.8 Å². The molecular formula is C11H14N2O2. The topological polar surface area (TPSA) is 44.0 Å². The minimum Gasteiger partial charge on any atom is -0.301 e. The van der Waals surface area contributed by atoms with Crippen molar-refractivity contribution in [1.82, 2.24) is 9.13 Å². The predicted molar refractivity (Wildman–Crippen MR) is 58.7 cm³/mol. The van der Waals surface area contributed by atoms with Gasteiger partial charge in [-0.2, -0.15) is 0 Å². The molecule has 80 valence electrons. The highest BCUT2D eigenvalue weighted by Gasteiger charge is 2.02. The maximum Gasteiger partial charge on any atom is 0.330 e. The zero-order chi connectivity index (χ0) is 11.3. The van der Waals surface area contributed by atoms with Crippen LogP contribution in [0.5, 0.6) is 0 Å². The smallest absolute Gasteiger partial charge is 0.301 e. The lowest BCUT2D eigenvalue weighted by molar-refractivity contribution is 0.549. The fourth-order valence-corrected chi connectivity index (χ4v) is 1.34. The Morgan fingerprint density at radius 3 is 2.80 bits per heavy atom. The van der Waals surface area contributed by atoms with Crippen molar-refractivity contribution in [2.75, 3.05) is 0 Å². The van der Waals surface area contributed by atoms with E-state index in [0.717, 1.165) is 0 Å². The molecule has 1 aromatic rings. The van der Waals surface area contributed by atoms with E-state index >= 15 is 0 Å². The zero-order valence-corrected chi connectivity index (χ0v) is 8.77. The molecule has 0 saturated carbocycles. The normalized spacial score (nSPS) is 9.87. The first-order valence-electron chi connectivity index (χ1n) is 4.94. The Labute approximate surface area is 88.2 Å². The van der Waals surface area contributed by atoms with Crippen LogP contribution in [0.15, 0.2) is 21.9 Å². The Kier molecular flexibility index (Phi) is 3.92. The average molecular weight is 206 g/mol. The fraction of sp³-hybridized carbons (Fsp3) is 0.455. The third-order valence-electron chi connectivity index (χ3n) is 2.18. The molecule has 0 aromatic carbocycles. The van der Waals surface area contributed by atoms with Crippen LogP contribution < -0.4 is 11.2 Å². The molecule has 0 radical (unpaired) electrons. The summed E-state index contributed by atoms with van der Waals surface area (Å²) in [7, 11) is 0. The van der Waals surface area contributed by atoms with Crippen LogP contribution in [0.4, 0.5) is 0 Å². The summed E-state index contributed by atoms with van der Waals surface area (Å²) in [6.45, 7) is 2.81. The molecule has 4 nitrogen and oxygen atoms in total. The van der Waals surface area contributed by atoms with E-state index in [1.807, 2.05) is 6.92 Å². The van der Waals surface area contributed by atoms with E-state index in [4.69, 9.17) is 6.42 Å². The van der Waals surface area contributed by atoms with Crippen LogP contribution in [0, 0.1) is 12.3 Å². The molecule has 0 aliphatic heterocycles. The molecule has 0 bridgehead atoms. The molecule has 0 aliphatic rings. The fourth-order valence-electron chi connectivity index (χ4n) is 1.34. The molecule has 0 unspecified atom stereocenters. The highest BCUT2D eigenvalue weighted by molar-refractivity contribution is 4.87. The minimum absolute atomic E-state index is 0.262. The van der Waals surface area contributed by atoms with Crippen LogP contribution in [0.1, 0.15) is 19.8 Å². The first kappa shape index (κ1) is 11.3. The number of rotatable bonds is 4. The molecule has 15 heavy (non-hydrogen) atoms. The van der Waals surface area contributed by atoms with Crippen molar-refractivity contribution in [2.24, 2.45) is 0 Å². The van der Waals surface area contributed by atoms with Crippen molar-refractivity contribution in [2.45, 2.75) is 32.9 Å². The first-order chi connectivity index (χ1) is 7.20. The standard InChI is InChI=1S/C11H14N2O2/c1-3-5-6-8-13-10(14)7-9-12(4-2)11(13)15/h1,7,9H,4-6,8H2,2H3. The largest absolute Gasteiger partial charge is 0.330 e. The summed E-state index contributed by atoms with van der Waals surface area (Å²) in [5.41, 5.74) is -0.524. The lowest BCUT2D eigenvalue weighted by Crippen LogP contribution is -2.38. The highest BCUT2D eigenvalue weighted by Crippen LogP contribution is 1.88. The minimum atomic E-state index is -0.262. The number of nitrogens with zero attached hydrogens (tertiary/aromatic N) is 2. The van der Waals surface area contributed by atoms with Gasteiger partial charge in [-0.15, -0.1) is 12.3 Å². The Morgan fingerprint density at radius 1 is 1.47 bits per heavy atom. The Bertz CT molecular complexity index is 477. The van der Waals surface area contributed by atoms with Crippen molar-refractivity contribution in [3.05, 3.63) is 33.1 Å². The molecular weight excluding hydrogens is 192 g/mol. The number of unbranched alkanes of at least 4 members (excludes halogenated alkanes) is 1. The average Bonchev–Trinajstić information content (AvgIpc) is 2.23. The quantitative estimate of drug-likeness (QED) is 0.530. The van der Waals surface area contributed by atoms with E-state index in [-0.39, 0.29) is 11.2 Å². The third kappa shape index (κ3) is 2.59. The van der Waals surface area contributed by atoms with Gasteiger partial charge in [0.05, 0.1) is 0 Å². The van der Waals surface area contributed by atoms with Crippen LogP contribution >= 0.6 is 0 Å². The van der Waals surface area contributed by atoms with Gasteiger partial charge in [0.15, 0.2) is 0 Å². The van der Waals surface area contributed by atoms with Crippen LogP contribution in [-0.4, -0.2) is 9.13 Å². The number of aryl methyl sites for hydroxylation is 1. The van der Waals surface area contributed by atoms with E-state index in [9.17, 15) is 9.59 Å². The van der Waals surface area contributed by atoms with Gasteiger partial charge in [-0.1, -0.05) is 0 Å². The van der Waals surface area contributed by atoms with Crippen LogP contribution in [0.3, 0.4) is 0 Å². The van der Waals surface area contributed by atoms with Crippen molar-refractivity contribution >= 4 is 0 Å². The van der Waals surface area contributed by atoms with Gasteiger partial charge in [-0.25, -0.2) is 4.79 Å². The van der Waals surface area contributed by atoms with Gasteiger partial charge in [-0.3, -0.25) is 9.36 Å². The van der Waals surface area contributed by atoms with Gasteiger partial charge >= 0.3 is 5.69 Å². The van der Waals surface area contributed by atoms with Gasteiger partial charge in [-0.05, 0) is 13.3 Å². The van der Waals surface area contributed by atoms with Crippen molar-refractivity contribution in [1.29, 1.82) is 0 Å². The summed E-state index contributed by atoms with van der Waals surface area (Å²) in [5, 5.41) is 0. The van der Waals surface area contributed by atoms with Crippen molar-refractivity contribution in [3.63, 3.8) is 0 Å². The van der Waals surface area contributed by atoms with Gasteiger partial charge in [0.1, 0.15) is 0 Å². The van der Waals surface area contributed by atoms with Crippen LogP contribution in [0.25, 0.3) is 0 Å². The Hall–Kier alpha value is -1.76. The second-order valence-corrected chi connectivity index (χ2v) is 3.18. The third-order valence-corrected chi connectivity index (χ3v) is 2.18. The van der Waals surface area contributed by atoms with Crippen LogP contribution in [0.2, 0.25) is 0 Å². The summed E-state index contributed by atoms with van der Waals surface area (Å²) in [6, 6.07) is 1.40. The van der Waals surface area contributed by atoms with E-state index < -0.39 is 0 Å². The van der Waals surface area contributed by atoms with Crippen molar-refractivity contribution < 1.29 is 0 Å². The molecule has 0 spiro atoms. The summed E-state index contributed by atoms with van der Waals surface area (Å²) in [6.07, 6.45) is 7.85. The molecule has 0 aliphatic carbocycles. The number of terminal acetylenes is 1. The van der Waals surface area contributed by atoms with E-state index in [0.29, 0.717) is 25.9 Å². The summed E-state index contributed by atoms with van der Waals surface area (Å²) >= 11 is 0. The molecule has 1 aromatic heterocycles. The monoisotopic (exact) mass is 206 g/mol. The maximum absolute atomic E-state index is 11.7. The van der Waals surface area contributed by atoms with E-state index in [1.54, 1.807) is 0 Å². The highest BCUT2D eigenvalue weighted by atomic mass is 16.2. The summed E-state index contributed by atoms with van der Waals surface area (Å²) < 4.78 is 2.72. The Morgan fingerprint density at radius 2 is 2.20 bits per heavy atom. The molecule has 0 N–H and O–H groups in total. The first-order valence-corrected chi connectivity index (χ1v) is 4.94. The maximum atomic E-state index is 11.7. The molecule has 1 rings (SSSR count). The van der Waals surface area contributed by atoms with Crippen LogP contribution in [-0.2, 0) is 13.1 Å². The molecule has 0 saturated heterocycles. The van der Waals surface area contributed by atoms with E-state index in [2.05, 4.69) is 5.92 Å². The Balaban J connectivity index is 3.01. The van der Waals surface area contributed by atoms with Gasteiger partial charge < -0.3 is 4.57 Å². The van der Waals surface area contributed by atoms with E-state index in [1.165, 1.54) is 21.4 Å². The SMILES string of the molecule is C#CCCCn1c(=O)ccn(CC)c1=O. The molecule has 0 fully saturated rings. The van der Waals surface area contributed by atoms with Gasteiger partial charge in [0.2, 0.25) is 0 Å². The molecule has 0 amide bonds. The lowest BCUT2D eigenvalue weighted by Gasteiger charge is -2.06. The van der Waals surface area contributed by atoms with Crippen molar-refractivity contribution in [3.8, 4) is 12.3 Å². The lowest BCUT2D eigenvalue weighted by atomic mass is 10.3. The number of aromatic nitrogens is 2. The molecule has 4 heteroatoms.